The van der Waals surface area contributed by atoms with Crippen LogP contribution in [0.3, 0.4) is 0 Å². The number of nitrogens with two attached hydrogens (primary N) is 1. The summed E-state index contributed by atoms with van der Waals surface area (Å²) < 4.78 is 11.9. The van der Waals surface area contributed by atoms with Crippen molar-refractivity contribution < 1.29 is 19.4 Å². The van der Waals surface area contributed by atoms with Crippen molar-refractivity contribution in [3.8, 4) is 5.75 Å². The Hall–Kier alpha value is -2.93. The molecule has 4 rings (SSSR count). The molecule has 6 nitrogen and oxygen atoms in total. The number of ether oxygens (including phenoxy) is 1. The zero-order chi connectivity index (χ0) is 21.8. The van der Waals surface area contributed by atoms with E-state index in [4.69, 9.17) is 14.9 Å². The van der Waals surface area contributed by atoms with E-state index >= 15 is 0 Å². The van der Waals surface area contributed by atoms with Crippen LogP contribution in [0.2, 0.25) is 0 Å². The summed E-state index contributed by atoms with van der Waals surface area (Å²) in [5.41, 5.74) is 7.86. The van der Waals surface area contributed by atoms with Gasteiger partial charge in [0.2, 0.25) is 5.43 Å². The molecule has 4 N–H and O–H groups in total. The molecule has 0 spiro atoms. The molecule has 1 aromatic heterocycles. The molecule has 0 unspecified atom stereocenters. The number of hydrogen-bond acceptors (Lipinski definition) is 6. The molecule has 1 aliphatic carbocycles. The first-order valence-electron chi connectivity index (χ1n) is 10.5. The van der Waals surface area contributed by atoms with Gasteiger partial charge in [-0.25, -0.2) is 0 Å². The zero-order valence-corrected chi connectivity index (χ0v) is 17.3. The van der Waals surface area contributed by atoms with E-state index in [1.807, 2.05) is 12.1 Å². The van der Waals surface area contributed by atoms with Gasteiger partial charge in [-0.2, -0.15) is 0 Å². The van der Waals surface area contributed by atoms with Crippen molar-refractivity contribution in [3.63, 3.8) is 0 Å². The minimum atomic E-state index is -1.03. The van der Waals surface area contributed by atoms with Crippen molar-refractivity contribution in [2.75, 3.05) is 19.8 Å². The van der Waals surface area contributed by atoms with Crippen molar-refractivity contribution in [2.45, 2.75) is 31.2 Å². The number of rotatable bonds is 8. The lowest BCUT2D eigenvalue weighted by Gasteiger charge is -2.24. The Balaban J connectivity index is 1.59. The molecule has 3 aromatic rings. The summed E-state index contributed by atoms with van der Waals surface area (Å²) >= 11 is 0. The Morgan fingerprint density at radius 1 is 1.03 bits per heavy atom. The van der Waals surface area contributed by atoms with Crippen molar-refractivity contribution in [2.24, 2.45) is 5.73 Å². The van der Waals surface area contributed by atoms with Gasteiger partial charge in [-0.3, -0.25) is 4.79 Å². The van der Waals surface area contributed by atoms with E-state index in [1.54, 1.807) is 24.3 Å². The number of aliphatic hydroxyl groups excluding tert-OH is 2. The number of benzene rings is 2. The fourth-order valence-electron chi connectivity index (χ4n) is 3.67. The maximum atomic E-state index is 13.0. The average molecular weight is 421 g/mol. The van der Waals surface area contributed by atoms with E-state index in [1.165, 1.54) is 0 Å². The van der Waals surface area contributed by atoms with Crippen molar-refractivity contribution in [1.29, 1.82) is 0 Å². The molecule has 2 aromatic carbocycles. The van der Waals surface area contributed by atoms with Crippen LogP contribution in [0.4, 0.5) is 0 Å². The van der Waals surface area contributed by atoms with Crippen LogP contribution >= 0.6 is 0 Å². The molecule has 31 heavy (non-hydrogen) atoms. The van der Waals surface area contributed by atoms with E-state index in [0.717, 1.165) is 24.0 Å². The van der Waals surface area contributed by atoms with E-state index in [2.05, 4.69) is 18.2 Å². The van der Waals surface area contributed by atoms with Crippen molar-refractivity contribution >= 4 is 21.9 Å². The third-order valence-corrected chi connectivity index (χ3v) is 5.72. The van der Waals surface area contributed by atoms with Gasteiger partial charge in [0.15, 0.2) is 0 Å². The molecule has 0 amide bonds. The summed E-state index contributed by atoms with van der Waals surface area (Å²) in [5.74, 6) is 0.628. The van der Waals surface area contributed by atoms with Crippen LogP contribution in [0.1, 0.15) is 24.8 Å². The lowest BCUT2D eigenvalue weighted by molar-refractivity contribution is 0.115. The quantitative estimate of drug-likeness (QED) is 0.482. The van der Waals surface area contributed by atoms with Crippen LogP contribution in [0, 0.1) is 0 Å². The van der Waals surface area contributed by atoms with Gasteiger partial charge >= 0.3 is 0 Å². The number of aliphatic hydroxyl groups is 2. The van der Waals surface area contributed by atoms with Gasteiger partial charge < -0.3 is 25.1 Å². The second-order valence-electron chi connectivity index (χ2n) is 8.15. The maximum absolute atomic E-state index is 13.0. The molecule has 6 heteroatoms. The Kier molecular flexibility index (Phi) is 6.23. The van der Waals surface area contributed by atoms with E-state index in [-0.39, 0.29) is 18.6 Å². The van der Waals surface area contributed by atoms with Crippen LogP contribution in [0.15, 0.2) is 69.4 Å². The summed E-state index contributed by atoms with van der Waals surface area (Å²) in [5, 5.41) is 19.7. The highest BCUT2D eigenvalue weighted by Crippen LogP contribution is 2.25. The first-order valence-corrected chi connectivity index (χ1v) is 10.5. The van der Waals surface area contributed by atoms with E-state index < -0.39 is 5.54 Å². The van der Waals surface area contributed by atoms with Gasteiger partial charge in [0.25, 0.3) is 0 Å². The van der Waals surface area contributed by atoms with Gasteiger partial charge in [-0.05, 0) is 67.2 Å². The standard InChI is InChI=1S/C25H27NO5/c26-25(15-27,16-28)11-10-17-6-8-20-23(12-17)31-22-9-7-19(13-21(22)24(20)29)30-14-18-4-2-1-3-5-18/h2,4-9,12-13,27-28H,1,3,10-11,14-16,26H2. The highest BCUT2D eigenvalue weighted by atomic mass is 16.5. The lowest BCUT2D eigenvalue weighted by atomic mass is 9.93. The van der Waals surface area contributed by atoms with Crippen LogP contribution in [0.5, 0.6) is 5.75 Å². The third-order valence-electron chi connectivity index (χ3n) is 5.72. The second-order valence-corrected chi connectivity index (χ2v) is 8.15. The Morgan fingerprint density at radius 2 is 1.87 bits per heavy atom. The van der Waals surface area contributed by atoms with Crippen LogP contribution in [-0.2, 0) is 6.42 Å². The summed E-state index contributed by atoms with van der Waals surface area (Å²) in [6.45, 7) is -0.127. The highest BCUT2D eigenvalue weighted by molar-refractivity contribution is 5.90. The van der Waals surface area contributed by atoms with Crippen molar-refractivity contribution in [1.82, 2.24) is 0 Å². The summed E-state index contributed by atoms with van der Waals surface area (Å²) in [6, 6.07) is 10.7. The topological polar surface area (TPSA) is 106 Å². The molecule has 0 radical (unpaired) electrons. The Labute approximate surface area is 180 Å². The maximum Gasteiger partial charge on any atom is 0.200 e. The number of aryl methyl sites for hydroxylation is 1. The largest absolute Gasteiger partial charge is 0.489 e. The predicted octanol–water partition coefficient (Wildman–Crippen LogP) is 3.22. The first kappa shape index (κ1) is 21.3. The summed E-state index contributed by atoms with van der Waals surface area (Å²) in [6.07, 6.45) is 9.41. The zero-order valence-electron chi connectivity index (χ0n) is 17.3. The molecular weight excluding hydrogens is 394 g/mol. The minimum Gasteiger partial charge on any atom is -0.489 e. The monoisotopic (exact) mass is 421 g/mol. The van der Waals surface area contributed by atoms with Crippen LogP contribution < -0.4 is 15.9 Å². The Bertz CT molecular complexity index is 1200. The fourth-order valence-corrected chi connectivity index (χ4v) is 3.67. The molecule has 1 heterocycles. The third kappa shape index (κ3) is 4.71. The average Bonchev–Trinajstić information content (AvgIpc) is 2.82. The van der Waals surface area contributed by atoms with Crippen molar-refractivity contribution in [3.05, 3.63) is 76.0 Å². The Morgan fingerprint density at radius 3 is 2.61 bits per heavy atom. The first-order chi connectivity index (χ1) is 15.0. The molecule has 0 atom stereocenters. The van der Waals surface area contributed by atoms with Gasteiger partial charge in [-0.15, -0.1) is 0 Å². The van der Waals surface area contributed by atoms with Crippen LogP contribution in [-0.4, -0.2) is 35.6 Å². The smallest absolute Gasteiger partial charge is 0.200 e. The molecule has 0 saturated carbocycles. The van der Waals surface area contributed by atoms with Gasteiger partial charge in [0.1, 0.15) is 23.5 Å². The van der Waals surface area contributed by atoms with Crippen LogP contribution in [0.25, 0.3) is 21.9 Å². The second kappa shape index (κ2) is 9.06. The van der Waals surface area contributed by atoms with Gasteiger partial charge in [0.05, 0.1) is 29.5 Å². The van der Waals surface area contributed by atoms with E-state index in [0.29, 0.717) is 47.1 Å². The molecular formula is C25H27NO5. The number of fused-ring (bicyclic) bond motifs is 2. The summed E-state index contributed by atoms with van der Waals surface area (Å²) in [7, 11) is 0. The normalized spacial score (nSPS) is 14.2. The lowest BCUT2D eigenvalue weighted by Crippen LogP contribution is -2.47. The molecule has 0 saturated heterocycles. The number of allylic oxidation sites excluding steroid dienone is 2. The predicted molar refractivity (Wildman–Crippen MR) is 121 cm³/mol. The van der Waals surface area contributed by atoms with Gasteiger partial charge in [-0.1, -0.05) is 24.3 Å². The molecule has 0 fully saturated rings. The summed E-state index contributed by atoms with van der Waals surface area (Å²) in [4.78, 5) is 13.0. The van der Waals surface area contributed by atoms with Gasteiger partial charge in [0, 0.05) is 0 Å². The number of hydrogen-bond donors (Lipinski definition) is 3. The molecule has 162 valence electrons. The molecule has 1 aliphatic rings. The highest BCUT2D eigenvalue weighted by Gasteiger charge is 2.22. The van der Waals surface area contributed by atoms with E-state index in [9.17, 15) is 15.0 Å². The fraction of sp³-hybridized carbons (Fsp3) is 0.320. The SMILES string of the molecule is NC(CO)(CO)CCc1ccc2c(=O)c3cc(OCC4=CCCC=C4)ccc3oc2c1. The molecule has 0 aliphatic heterocycles. The minimum absolute atomic E-state index is 0.107. The molecule has 0 bridgehead atoms.